The number of aromatic nitrogens is 6. The van der Waals surface area contributed by atoms with Crippen molar-refractivity contribution in [2.24, 2.45) is 0 Å². The van der Waals surface area contributed by atoms with Gasteiger partial charge >= 0.3 is 6.09 Å². The number of tetrazole rings is 1. The molecule has 20 heteroatoms. The molecule has 19 nitrogen and oxygen atoms in total. The normalized spacial score (nSPS) is 10.5. The smallest absolute Gasteiger partial charge is 0.459 e. The van der Waals surface area contributed by atoms with Crippen molar-refractivity contribution in [3.63, 3.8) is 0 Å². The molecule has 0 amide bonds. The molecular weight excluding hydrogens is 792 g/mol. The number of benzene rings is 4. The van der Waals surface area contributed by atoms with Crippen molar-refractivity contribution < 1.29 is 43.6 Å². The van der Waals surface area contributed by atoms with E-state index in [1.807, 2.05) is 53.1 Å². The number of rotatable bonds is 18. The molecule has 0 bridgehead atoms. The van der Waals surface area contributed by atoms with Crippen LogP contribution < -0.4 is 9.47 Å². The molecular formula is C39H37ClN8O11. The number of methoxy groups -OCH3 is 1. The van der Waals surface area contributed by atoms with Crippen molar-refractivity contribution in [2.45, 2.75) is 52.6 Å². The van der Waals surface area contributed by atoms with Gasteiger partial charge < -0.3 is 28.5 Å². The second-order valence-corrected chi connectivity index (χ2v) is 12.7. The van der Waals surface area contributed by atoms with Crippen LogP contribution in [0.3, 0.4) is 0 Å². The molecule has 2 heterocycles. The summed E-state index contributed by atoms with van der Waals surface area (Å²) in [7, 11) is 1.56. The minimum atomic E-state index is -0.886. The first kappa shape index (κ1) is 42.7. The molecule has 0 N–H and O–H groups in total. The Morgan fingerprint density at radius 1 is 0.814 bits per heavy atom. The highest BCUT2D eigenvalue weighted by atomic mass is 35.5. The number of carbonyl (C=O) groups is 2. The number of unbranched alkanes of at least 4 members (excludes halogenated alkanes) is 1. The molecule has 2 aromatic heterocycles. The van der Waals surface area contributed by atoms with E-state index < -0.39 is 16.3 Å². The molecule has 0 saturated carbocycles. The summed E-state index contributed by atoms with van der Waals surface area (Å²) in [6.45, 7) is 2.76. The third-order valence-electron chi connectivity index (χ3n) is 8.46. The van der Waals surface area contributed by atoms with Crippen molar-refractivity contribution >= 4 is 24.2 Å². The summed E-state index contributed by atoms with van der Waals surface area (Å²) < 4.78 is 17.2. The number of aryl methyl sites for hydroxylation is 1. The summed E-state index contributed by atoms with van der Waals surface area (Å²) in [6.07, 6.45) is 1.81. The van der Waals surface area contributed by atoms with Gasteiger partial charge in [-0.2, -0.15) is 0 Å². The zero-order valence-electron chi connectivity index (χ0n) is 31.7. The first-order valence-electron chi connectivity index (χ1n) is 17.8. The fourth-order valence-electron chi connectivity index (χ4n) is 5.54. The van der Waals surface area contributed by atoms with Crippen LogP contribution in [0.4, 0.5) is 4.79 Å². The van der Waals surface area contributed by atoms with E-state index in [0.29, 0.717) is 40.7 Å². The summed E-state index contributed by atoms with van der Waals surface area (Å²) in [6, 6.07) is 28.3. The Balaban J connectivity index is 0.000000434. The fraction of sp³-hybridized carbons (Fsp3) is 0.231. The predicted molar refractivity (Wildman–Crippen MR) is 209 cm³/mol. The third kappa shape index (κ3) is 12.3. The number of carbonyl (C=O) groups excluding carboxylic acids is 2. The standard InChI is InChI=1S/C31H28ClN7O7.C8H9NO4/c1-2-3-8-28-33-29(32)27(19-44-20-40)37(28)17-21-9-13-23(14-10-21)25-6-4-5-7-26(25)30-34-36-38(35-30)31(41)46-24-15-11-22(12-16-24)18-45-39(42)43;1-12-8-4-2-7(3-5-8)6-13-9(10)11/h4-7,9-16,20H,2-3,8,17-19H2,1H3;2-5H,6H2,1H3. The van der Waals surface area contributed by atoms with E-state index in [-0.39, 0.29) is 31.4 Å². The molecule has 0 aliphatic rings. The van der Waals surface area contributed by atoms with Crippen LogP contribution >= 0.6 is 11.6 Å². The maximum absolute atomic E-state index is 12.7. The zero-order valence-corrected chi connectivity index (χ0v) is 32.5. The topological polar surface area (TPSA) is 228 Å². The van der Waals surface area contributed by atoms with Gasteiger partial charge in [0.1, 0.15) is 37.1 Å². The number of ether oxygens (including phenoxy) is 3. The minimum Gasteiger partial charge on any atom is -0.497 e. The van der Waals surface area contributed by atoms with Crippen LogP contribution in [0.1, 0.15) is 48.0 Å². The molecule has 4 aromatic carbocycles. The summed E-state index contributed by atoms with van der Waals surface area (Å²) in [5.41, 5.74) is 5.26. The van der Waals surface area contributed by atoms with Crippen molar-refractivity contribution in [1.82, 2.24) is 29.8 Å². The van der Waals surface area contributed by atoms with E-state index in [1.165, 1.54) is 24.3 Å². The Morgan fingerprint density at radius 3 is 1.98 bits per heavy atom. The van der Waals surface area contributed by atoms with E-state index in [2.05, 4.69) is 37.0 Å². The largest absolute Gasteiger partial charge is 0.497 e. The van der Waals surface area contributed by atoms with Gasteiger partial charge in [-0.15, -0.1) is 30.4 Å². The molecule has 0 aliphatic carbocycles. The van der Waals surface area contributed by atoms with E-state index in [0.717, 1.165) is 52.1 Å². The highest BCUT2D eigenvalue weighted by Gasteiger charge is 2.19. The summed E-state index contributed by atoms with van der Waals surface area (Å²) in [5.74, 6) is 1.95. The zero-order chi connectivity index (χ0) is 42.1. The molecule has 0 aliphatic heterocycles. The maximum Gasteiger partial charge on any atom is 0.459 e. The average Bonchev–Trinajstić information content (AvgIpc) is 3.86. The van der Waals surface area contributed by atoms with E-state index in [1.54, 1.807) is 31.4 Å². The van der Waals surface area contributed by atoms with Gasteiger partial charge in [0.2, 0.25) is 5.82 Å². The van der Waals surface area contributed by atoms with Gasteiger partial charge in [-0.3, -0.25) is 4.79 Å². The summed E-state index contributed by atoms with van der Waals surface area (Å²) in [5, 5.41) is 31.0. The maximum atomic E-state index is 12.7. The van der Waals surface area contributed by atoms with E-state index in [4.69, 9.17) is 25.8 Å². The molecule has 0 atom stereocenters. The van der Waals surface area contributed by atoms with Gasteiger partial charge in [0.25, 0.3) is 16.6 Å². The van der Waals surface area contributed by atoms with E-state index >= 15 is 0 Å². The first-order chi connectivity index (χ1) is 28.6. The van der Waals surface area contributed by atoms with Crippen LogP contribution in [0, 0.1) is 20.2 Å². The molecule has 0 radical (unpaired) electrons. The van der Waals surface area contributed by atoms with Crippen molar-refractivity contribution in [2.75, 3.05) is 7.11 Å². The lowest BCUT2D eigenvalue weighted by Gasteiger charge is -2.13. The number of nitrogens with zero attached hydrogens (tertiary/aromatic N) is 8. The Bertz CT molecular complexity index is 2330. The lowest BCUT2D eigenvalue weighted by atomic mass is 9.98. The van der Waals surface area contributed by atoms with Gasteiger partial charge in [-0.25, -0.2) is 9.78 Å². The van der Waals surface area contributed by atoms with Gasteiger partial charge in [0.15, 0.2) is 5.15 Å². The van der Waals surface area contributed by atoms with E-state index in [9.17, 15) is 29.8 Å². The SMILES string of the molecule is CCCCc1nc(Cl)c(COC=O)n1Cc1ccc(-c2ccccc2-c2nnn(C(=O)Oc3ccc(CO[N+](=O)[O-])cc3)n2)cc1.COc1ccc(CO[N+](=O)[O-])cc1. The number of hydrogen-bond acceptors (Lipinski definition) is 15. The second kappa shape index (κ2) is 21.2. The Kier molecular flexibility index (Phi) is 15.4. The Morgan fingerprint density at radius 2 is 1.41 bits per heavy atom. The van der Waals surface area contributed by atoms with Crippen LogP contribution in [-0.4, -0.2) is 59.6 Å². The molecule has 6 rings (SSSR count). The lowest BCUT2D eigenvalue weighted by Crippen LogP contribution is -2.19. The van der Waals surface area contributed by atoms with Crippen molar-refractivity contribution in [3.8, 4) is 34.0 Å². The van der Waals surface area contributed by atoms with Crippen molar-refractivity contribution in [1.29, 1.82) is 0 Å². The number of imidazole rings is 1. The second-order valence-electron chi connectivity index (χ2n) is 12.4. The molecule has 0 fully saturated rings. The van der Waals surface area contributed by atoms with Crippen LogP contribution in [-0.2, 0) is 52.0 Å². The van der Waals surface area contributed by atoms with Crippen molar-refractivity contribution in [3.05, 3.63) is 151 Å². The van der Waals surface area contributed by atoms with Gasteiger partial charge in [-0.1, -0.05) is 103 Å². The minimum absolute atomic E-state index is 0.0296. The molecule has 59 heavy (non-hydrogen) atoms. The van der Waals surface area contributed by atoms with Gasteiger partial charge in [-0.05, 0) is 63.7 Å². The quantitative estimate of drug-likeness (QED) is 0.0479. The Labute approximate surface area is 341 Å². The van der Waals surface area contributed by atoms with Crippen LogP contribution in [0.2, 0.25) is 5.15 Å². The molecule has 0 saturated heterocycles. The lowest BCUT2D eigenvalue weighted by molar-refractivity contribution is -0.763. The molecule has 6 aromatic rings. The monoisotopic (exact) mass is 828 g/mol. The molecule has 0 unspecified atom stereocenters. The highest BCUT2D eigenvalue weighted by Crippen LogP contribution is 2.31. The summed E-state index contributed by atoms with van der Waals surface area (Å²) >= 11 is 6.40. The number of hydrogen-bond donors (Lipinski definition) is 0. The highest BCUT2D eigenvalue weighted by molar-refractivity contribution is 6.30. The predicted octanol–water partition coefficient (Wildman–Crippen LogP) is 7.08. The van der Waals surface area contributed by atoms with Gasteiger partial charge in [0, 0.05) is 18.5 Å². The molecule has 306 valence electrons. The van der Waals surface area contributed by atoms with Crippen LogP contribution in [0.5, 0.6) is 11.5 Å². The molecule has 0 spiro atoms. The fourth-order valence-corrected chi connectivity index (χ4v) is 5.80. The number of halogens is 1. The average molecular weight is 829 g/mol. The third-order valence-corrected chi connectivity index (χ3v) is 8.76. The van der Waals surface area contributed by atoms with Crippen LogP contribution in [0.25, 0.3) is 22.5 Å². The summed E-state index contributed by atoms with van der Waals surface area (Å²) in [4.78, 5) is 57.5. The van der Waals surface area contributed by atoms with Gasteiger partial charge in [0.05, 0.1) is 12.8 Å². The van der Waals surface area contributed by atoms with Crippen LogP contribution in [0.15, 0.2) is 97.1 Å². The first-order valence-corrected chi connectivity index (χ1v) is 18.2. The Hall–Kier alpha value is -7.41.